The molecule has 0 radical (unpaired) electrons. The van der Waals surface area contributed by atoms with Gasteiger partial charge >= 0.3 is 0 Å². The van der Waals surface area contributed by atoms with Crippen LogP contribution in [0.2, 0.25) is 5.02 Å². The quantitative estimate of drug-likeness (QED) is 0.525. The summed E-state index contributed by atoms with van der Waals surface area (Å²) >= 11 is 13.0. The van der Waals surface area contributed by atoms with Crippen molar-refractivity contribution in [2.75, 3.05) is 19.0 Å². The molecule has 0 heterocycles. The van der Waals surface area contributed by atoms with Crippen LogP contribution >= 0.6 is 43.5 Å². The Morgan fingerprint density at radius 3 is 2.57 bits per heavy atom. The Morgan fingerprint density at radius 2 is 1.91 bits per heavy atom. The Kier molecular flexibility index (Phi) is 7.06. The average Bonchev–Trinajstić information content (AvgIpc) is 2.54. The lowest BCUT2D eigenvalue weighted by Crippen LogP contribution is -2.03. The number of rotatable bonds is 7. The monoisotopic (exact) mass is 461 g/mol. The first kappa shape index (κ1) is 18.4. The Labute approximate surface area is 158 Å². The van der Waals surface area contributed by atoms with Crippen molar-refractivity contribution in [3.8, 4) is 11.5 Å². The van der Waals surface area contributed by atoms with Gasteiger partial charge in [-0.1, -0.05) is 18.5 Å². The van der Waals surface area contributed by atoms with Gasteiger partial charge in [-0.05, 0) is 74.2 Å². The summed E-state index contributed by atoms with van der Waals surface area (Å²) in [6, 6.07) is 9.78. The van der Waals surface area contributed by atoms with Gasteiger partial charge in [-0.2, -0.15) is 0 Å². The Hall–Kier alpha value is -0.910. The molecule has 2 rings (SSSR count). The van der Waals surface area contributed by atoms with E-state index in [1.54, 1.807) is 7.11 Å². The van der Waals surface area contributed by atoms with Crippen molar-refractivity contribution in [2.45, 2.75) is 19.9 Å². The molecule has 0 saturated carbocycles. The summed E-state index contributed by atoms with van der Waals surface area (Å²) in [5.74, 6) is 1.46. The molecule has 0 aromatic heterocycles. The fraction of sp³-hybridized carbons (Fsp3) is 0.294. The van der Waals surface area contributed by atoms with Gasteiger partial charge in [0.05, 0.1) is 23.2 Å². The molecule has 0 unspecified atom stereocenters. The molecule has 0 aliphatic heterocycles. The summed E-state index contributed by atoms with van der Waals surface area (Å²) in [6.07, 6.45) is 0.948. The van der Waals surface area contributed by atoms with E-state index >= 15 is 0 Å². The molecule has 124 valence electrons. The molecule has 0 saturated heterocycles. The lowest BCUT2D eigenvalue weighted by atomic mass is 10.2. The first-order chi connectivity index (χ1) is 11.0. The van der Waals surface area contributed by atoms with E-state index in [4.69, 9.17) is 21.1 Å². The highest BCUT2D eigenvalue weighted by Crippen LogP contribution is 2.37. The van der Waals surface area contributed by atoms with Crippen molar-refractivity contribution < 1.29 is 9.47 Å². The maximum absolute atomic E-state index is 6.11. The molecule has 2 aromatic carbocycles. The highest BCUT2D eigenvalue weighted by Gasteiger charge is 2.11. The van der Waals surface area contributed by atoms with E-state index in [2.05, 4.69) is 44.1 Å². The predicted molar refractivity (Wildman–Crippen MR) is 103 cm³/mol. The van der Waals surface area contributed by atoms with Crippen molar-refractivity contribution >= 4 is 49.1 Å². The van der Waals surface area contributed by atoms with Crippen molar-refractivity contribution in [3.05, 3.63) is 49.9 Å². The number of benzene rings is 2. The van der Waals surface area contributed by atoms with Gasteiger partial charge in [0.15, 0.2) is 11.5 Å². The number of methoxy groups -OCH3 is 1. The molecule has 1 N–H and O–H groups in total. The fourth-order valence-corrected chi connectivity index (χ4v) is 3.06. The van der Waals surface area contributed by atoms with Crippen LogP contribution in [0.5, 0.6) is 11.5 Å². The molecule has 0 spiro atoms. The molecular formula is C17H18Br2ClNO2. The highest BCUT2D eigenvalue weighted by molar-refractivity contribution is 9.10. The van der Waals surface area contributed by atoms with Crippen molar-refractivity contribution in [2.24, 2.45) is 0 Å². The van der Waals surface area contributed by atoms with E-state index in [0.29, 0.717) is 18.2 Å². The van der Waals surface area contributed by atoms with Crippen LogP contribution in [-0.4, -0.2) is 13.7 Å². The van der Waals surface area contributed by atoms with Crippen LogP contribution in [-0.2, 0) is 6.54 Å². The molecule has 2 aromatic rings. The van der Waals surface area contributed by atoms with E-state index in [0.717, 1.165) is 38.1 Å². The number of anilines is 1. The van der Waals surface area contributed by atoms with Crippen molar-refractivity contribution in [3.63, 3.8) is 0 Å². The second-order valence-electron chi connectivity index (χ2n) is 4.94. The maximum atomic E-state index is 6.11. The average molecular weight is 464 g/mol. The highest BCUT2D eigenvalue weighted by atomic mass is 79.9. The minimum Gasteiger partial charge on any atom is -0.493 e. The van der Waals surface area contributed by atoms with E-state index < -0.39 is 0 Å². The van der Waals surface area contributed by atoms with Crippen molar-refractivity contribution in [1.29, 1.82) is 0 Å². The smallest absolute Gasteiger partial charge is 0.175 e. The van der Waals surface area contributed by atoms with E-state index in [1.807, 2.05) is 30.3 Å². The molecule has 0 bridgehead atoms. The first-order valence-electron chi connectivity index (χ1n) is 7.23. The topological polar surface area (TPSA) is 30.5 Å². The number of ether oxygens (including phenoxy) is 2. The second-order valence-corrected chi connectivity index (χ2v) is 7.06. The van der Waals surface area contributed by atoms with E-state index in [1.165, 1.54) is 0 Å². The lowest BCUT2D eigenvalue weighted by molar-refractivity contribution is 0.292. The zero-order valence-corrected chi connectivity index (χ0v) is 16.9. The molecule has 0 aliphatic rings. The summed E-state index contributed by atoms with van der Waals surface area (Å²) in [6.45, 7) is 3.38. The molecule has 0 atom stereocenters. The van der Waals surface area contributed by atoms with Crippen LogP contribution in [0.4, 0.5) is 5.69 Å². The van der Waals surface area contributed by atoms with Crippen LogP contribution < -0.4 is 14.8 Å². The molecule has 0 fully saturated rings. The number of nitrogens with one attached hydrogen (secondary N) is 1. The summed E-state index contributed by atoms with van der Waals surface area (Å²) in [4.78, 5) is 0. The van der Waals surface area contributed by atoms with Gasteiger partial charge < -0.3 is 14.8 Å². The summed E-state index contributed by atoms with van der Waals surface area (Å²) in [5, 5.41) is 4.03. The van der Waals surface area contributed by atoms with Crippen LogP contribution in [0, 0.1) is 0 Å². The van der Waals surface area contributed by atoms with Crippen LogP contribution in [0.15, 0.2) is 39.3 Å². The van der Waals surface area contributed by atoms with Gasteiger partial charge in [0, 0.05) is 16.7 Å². The van der Waals surface area contributed by atoms with Crippen LogP contribution in [0.25, 0.3) is 0 Å². The Balaban J connectivity index is 2.13. The zero-order chi connectivity index (χ0) is 16.8. The summed E-state index contributed by atoms with van der Waals surface area (Å²) < 4.78 is 12.9. The number of hydrogen-bond donors (Lipinski definition) is 1. The zero-order valence-electron chi connectivity index (χ0n) is 13.0. The largest absolute Gasteiger partial charge is 0.493 e. The van der Waals surface area contributed by atoms with Crippen LogP contribution in [0.1, 0.15) is 18.9 Å². The Morgan fingerprint density at radius 1 is 1.13 bits per heavy atom. The lowest BCUT2D eigenvalue weighted by Gasteiger charge is -2.15. The Bertz CT molecular complexity index is 680. The summed E-state index contributed by atoms with van der Waals surface area (Å²) in [7, 11) is 1.65. The first-order valence-corrected chi connectivity index (χ1v) is 9.19. The molecule has 3 nitrogen and oxygen atoms in total. The minimum atomic E-state index is 0.654. The second kappa shape index (κ2) is 8.81. The fourth-order valence-electron chi connectivity index (χ4n) is 2.03. The van der Waals surface area contributed by atoms with E-state index in [-0.39, 0.29) is 0 Å². The third-order valence-corrected chi connectivity index (χ3v) is 4.98. The third-order valence-electron chi connectivity index (χ3n) is 3.16. The van der Waals surface area contributed by atoms with Gasteiger partial charge in [-0.3, -0.25) is 0 Å². The van der Waals surface area contributed by atoms with Crippen LogP contribution in [0.3, 0.4) is 0 Å². The third kappa shape index (κ3) is 5.03. The van der Waals surface area contributed by atoms with Crippen molar-refractivity contribution in [1.82, 2.24) is 0 Å². The molecular weight excluding hydrogens is 445 g/mol. The van der Waals surface area contributed by atoms with Gasteiger partial charge in [-0.25, -0.2) is 0 Å². The molecule has 23 heavy (non-hydrogen) atoms. The maximum Gasteiger partial charge on any atom is 0.175 e. The van der Waals surface area contributed by atoms with Gasteiger partial charge in [0.2, 0.25) is 0 Å². The minimum absolute atomic E-state index is 0.654. The van der Waals surface area contributed by atoms with Gasteiger partial charge in [-0.15, -0.1) is 0 Å². The molecule has 0 amide bonds. The summed E-state index contributed by atoms with van der Waals surface area (Å²) in [5.41, 5.74) is 2.04. The molecule has 0 aliphatic carbocycles. The number of hydrogen-bond acceptors (Lipinski definition) is 3. The standard InChI is InChI=1S/C17H18Br2ClNO2/c1-3-6-23-17-14(19)7-11(8-16(17)22-2)10-21-12-4-5-13(18)15(20)9-12/h4-5,7-9,21H,3,6,10H2,1-2H3. The SMILES string of the molecule is CCCOc1c(Br)cc(CNc2ccc(Br)c(Cl)c2)cc1OC. The molecule has 6 heteroatoms. The van der Waals surface area contributed by atoms with E-state index in [9.17, 15) is 0 Å². The van der Waals surface area contributed by atoms with Gasteiger partial charge in [0.25, 0.3) is 0 Å². The normalized spacial score (nSPS) is 10.5. The predicted octanol–water partition coefficient (Wildman–Crippen LogP) is 6.27. The number of halogens is 3. The van der Waals surface area contributed by atoms with Gasteiger partial charge in [0.1, 0.15) is 0 Å².